The maximum Gasteiger partial charge on any atom is 0.316 e. The summed E-state index contributed by atoms with van der Waals surface area (Å²) in [4.78, 5) is 0. The monoisotopic (exact) mass is 171 g/mol. The molecule has 10 heavy (non-hydrogen) atoms. The van der Waals surface area contributed by atoms with Gasteiger partial charge in [0.1, 0.15) is 0 Å². The Labute approximate surface area is 81.7 Å². The fraction of sp³-hybridized carbons (Fsp3) is 0.857. The summed E-state index contributed by atoms with van der Waals surface area (Å²) in [6.45, 7) is 9.80. The molecule has 0 aliphatic rings. The van der Waals surface area contributed by atoms with Crippen molar-refractivity contribution >= 4 is 31.1 Å². The first-order chi connectivity index (χ1) is 4.06. The number of rotatable bonds is 4. The van der Waals surface area contributed by atoms with Crippen molar-refractivity contribution in [3.63, 3.8) is 0 Å². The van der Waals surface area contributed by atoms with Crippen molar-refractivity contribution in [2.45, 2.75) is 33.0 Å². The average molecular weight is 172 g/mol. The van der Waals surface area contributed by atoms with Gasteiger partial charge in [0.05, 0.1) is 14.3 Å². The molecular weight excluding hydrogens is 152 g/mol. The zero-order chi connectivity index (χ0) is 7.33. The van der Waals surface area contributed by atoms with Crippen LogP contribution in [-0.4, -0.2) is 37.7 Å². The highest BCUT2D eigenvalue weighted by molar-refractivity contribution is 6.79. The molecule has 3 heteroatoms. The maximum absolute atomic E-state index is 5.28. The first kappa shape index (κ1) is 13.5. The van der Waals surface area contributed by atoms with Gasteiger partial charge >= 0.3 is 23.1 Å². The predicted octanol–water partition coefficient (Wildman–Crippen LogP) is 1.54. The topological polar surface area (TPSA) is 9.23 Å². The van der Waals surface area contributed by atoms with E-state index in [0.29, 0.717) is 0 Å². The largest absolute Gasteiger partial charge is 0.379 e. The molecule has 0 heterocycles. The van der Waals surface area contributed by atoms with E-state index >= 15 is 0 Å². The van der Waals surface area contributed by atoms with Crippen LogP contribution in [0.1, 0.15) is 13.3 Å². The van der Waals surface area contributed by atoms with Crippen LogP contribution in [0.2, 0.25) is 19.6 Å². The highest BCUT2D eigenvalue weighted by Crippen LogP contribution is 2.05. The SMILES string of the molecule is CCCO[CH][Si](C)(C)C.[MgH2]. The zero-order valence-corrected chi connectivity index (χ0v) is 7.90. The molecule has 0 atom stereocenters. The highest BCUT2D eigenvalue weighted by Gasteiger charge is 2.12. The van der Waals surface area contributed by atoms with E-state index in [9.17, 15) is 0 Å². The molecule has 0 rings (SSSR count). The van der Waals surface area contributed by atoms with Gasteiger partial charge in [-0.1, -0.05) is 26.6 Å². The summed E-state index contributed by atoms with van der Waals surface area (Å²) >= 11 is 0. The Morgan fingerprint density at radius 1 is 1.30 bits per heavy atom. The van der Waals surface area contributed by atoms with Gasteiger partial charge in [0.25, 0.3) is 0 Å². The van der Waals surface area contributed by atoms with Gasteiger partial charge in [0.2, 0.25) is 0 Å². The molecule has 0 saturated carbocycles. The van der Waals surface area contributed by atoms with Gasteiger partial charge in [-0.15, -0.1) is 0 Å². The molecule has 0 aromatic rings. The number of hydrogen-bond donors (Lipinski definition) is 0. The minimum atomic E-state index is -1.04. The van der Waals surface area contributed by atoms with Gasteiger partial charge in [-0.05, 0) is 6.42 Å². The van der Waals surface area contributed by atoms with Crippen LogP contribution in [0.15, 0.2) is 0 Å². The van der Waals surface area contributed by atoms with Crippen LogP contribution in [0, 0.1) is 6.23 Å². The Hall–Kier alpha value is 0.943. The third-order valence-electron chi connectivity index (χ3n) is 0.759. The third kappa shape index (κ3) is 11.7. The molecule has 0 N–H and O–H groups in total. The van der Waals surface area contributed by atoms with Crippen LogP contribution in [0.25, 0.3) is 0 Å². The first-order valence-electron chi connectivity index (χ1n) is 3.52. The van der Waals surface area contributed by atoms with Gasteiger partial charge in [0, 0.05) is 6.61 Å². The van der Waals surface area contributed by atoms with E-state index in [-0.39, 0.29) is 23.1 Å². The molecule has 0 saturated heterocycles. The van der Waals surface area contributed by atoms with Crippen molar-refractivity contribution in [3.05, 3.63) is 6.23 Å². The standard InChI is InChI=1S/C7H17OSi.Mg.2H/c1-5-6-8-7-9(2,3)4;;;/h7H,5-6H2,1-4H3;;;. The summed E-state index contributed by atoms with van der Waals surface area (Å²) in [7, 11) is -1.04. The third-order valence-corrected chi connectivity index (χ3v) is 1.63. The summed E-state index contributed by atoms with van der Waals surface area (Å²) in [5.74, 6) is 0. The molecule has 0 bridgehead atoms. The minimum Gasteiger partial charge on any atom is -0.379 e. The van der Waals surface area contributed by atoms with E-state index in [1.807, 2.05) is 6.23 Å². The lowest BCUT2D eigenvalue weighted by molar-refractivity contribution is 0.224. The lowest BCUT2D eigenvalue weighted by atomic mass is 10.5. The van der Waals surface area contributed by atoms with Crippen molar-refractivity contribution in [1.82, 2.24) is 0 Å². The van der Waals surface area contributed by atoms with E-state index in [0.717, 1.165) is 13.0 Å². The summed E-state index contributed by atoms with van der Waals surface area (Å²) in [6, 6.07) is 0. The molecule has 0 aliphatic heterocycles. The van der Waals surface area contributed by atoms with Crippen LogP contribution in [0.5, 0.6) is 0 Å². The van der Waals surface area contributed by atoms with Gasteiger partial charge in [-0.3, -0.25) is 0 Å². The van der Waals surface area contributed by atoms with Crippen LogP contribution in [-0.2, 0) is 4.74 Å². The van der Waals surface area contributed by atoms with Gasteiger partial charge in [-0.25, -0.2) is 0 Å². The Morgan fingerprint density at radius 3 is 2.10 bits per heavy atom. The van der Waals surface area contributed by atoms with Crippen LogP contribution >= 0.6 is 0 Å². The van der Waals surface area contributed by atoms with Crippen molar-refractivity contribution in [2.24, 2.45) is 0 Å². The van der Waals surface area contributed by atoms with E-state index in [1.54, 1.807) is 0 Å². The molecule has 0 aliphatic carbocycles. The highest BCUT2D eigenvalue weighted by atomic mass is 28.3. The molecule has 1 radical (unpaired) electrons. The summed E-state index contributed by atoms with van der Waals surface area (Å²) in [5, 5.41) is 0. The predicted molar refractivity (Wildman–Crippen MR) is 52.4 cm³/mol. The molecule has 0 unspecified atom stereocenters. The fourth-order valence-electron chi connectivity index (χ4n) is 0.427. The second-order valence-electron chi connectivity index (χ2n) is 3.35. The number of hydrogen-bond acceptors (Lipinski definition) is 1. The average Bonchev–Trinajstić information content (AvgIpc) is 1.63. The molecule has 59 valence electrons. The molecule has 0 spiro atoms. The second-order valence-corrected chi connectivity index (χ2v) is 8.32. The van der Waals surface area contributed by atoms with Gasteiger partial charge < -0.3 is 4.74 Å². The van der Waals surface area contributed by atoms with Crippen LogP contribution < -0.4 is 0 Å². The fourth-order valence-corrected chi connectivity index (χ4v) is 1.04. The Morgan fingerprint density at radius 2 is 1.80 bits per heavy atom. The normalized spacial score (nSPS) is 10.8. The van der Waals surface area contributed by atoms with Crippen LogP contribution in [0.3, 0.4) is 0 Å². The lowest BCUT2D eigenvalue weighted by Crippen LogP contribution is -2.22. The molecule has 0 aromatic heterocycles. The van der Waals surface area contributed by atoms with E-state index in [1.165, 1.54) is 0 Å². The van der Waals surface area contributed by atoms with Gasteiger partial charge in [-0.2, -0.15) is 0 Å². The first-order valence-corrected chi connectivity index (χ1v) is 7.10. The van der Waals surface area contributed by atoms with Crippen molar-refractivity contribution in [2.75, 3.05) is 6.61 Å². The lowest BCUT2D eigenvalue weighted by Gasteiger charge is -2.13. The molecule has 1 nitrogen and oxygen atoms in total. The smallest absolute Gasteiger partial charge is 0.316 e. The Kier molecular flexibility index (Phi) is 8.98. The van der Waals surface area contributed by atoms with Crippen molar-refractivity contribution in [1.29, 1.82) is 0 Å². The summed E-state index contributed by atoms with van der Waals surface area (Å²) in [6.07, 6.45) is 3.15. The maximum atomic E-state index is 5.28. The second kappa shape index (κ2) is 6.64. The van der Waals surface area contributed by atoms with Crippen molar-refractivity contribution < 1.29 is 4.74 Å². The molecule has 0 fully saturated rings. The summed E-state index contributed by atoms with van der Waals surface area (Å²) in [5.41, 5.74) is 0. The van der Waals surface area contributed by atoms with Gasteiger partial charge in [0.15, 0.2) is 0 Å². The van der Waals surface area contributed by atoms with E-state index in [4.69, 9.17) is 4.74 Å². The Bertz CT molecular complexity index is 70.5. The van der Waals surface area contributed by atoms with E-state index < -0.39 is 8.07 Å². The van der Waals surface area contributed by atoms with Crippen LogP contribution in [0.4, 0.5) is 0 Å². The minimum absolute atomic E-state index is 0. The summed E-state index contributed by atoms with van der Waals surface area (Å²) < 4.78 is 5.28. The van der Waals surface area contributed by atoms with E-state index in [2.05, 4.69) is 26.6 Å². The Balaban J connectivity index is 0. The molecule has 0 aromatic carbocycles. The number of ether oxygens (including phenoxy) is 1. The zero-order valence-electron chi connectivity index (χ0n) is 6.90. The molecule has 0 amide bonds. The van der Waals surface area contributed by atoms with Crippen molar-refractivity contribution in [3.8, 4) is 0 Å². The quantitative estimate of drug-likeness (QED) is 0.461. The molecular formula is C7H19MgOSi.